The van der Waals surface area contributed by atoms with Crippen molar-refractivity contribution in [1.82, 2.24) is 14.3 Å². The van der Waals surface area contributed by atoms with Gasteiger partial charge in [0.2, 0.25) is 0 Å². The molecule has 0 spiro atoms. The van der Waals surface area contributed by atoms with E-state index in [1.165, 1.54) is 4.31 Å². The molecule has 0 aromatic heterocycles. The monoisotopic (exact) mass is 313 g/mol. The average Bonchev–Trinajstić information content (AvgIpc) is 2.43. The smallest absolute Gasteiger partial charge is 0.279 e. The summed E-state index contributed by atoms with van der Waals surface area (Å²) in [6.07, 6.45) is 0.787. The Kier molecular flexibility index (Phi) is 7.31. The van der Waals surface area contributed by atoms with Crippen LogP contribution in [0.1, 0.15) is 38.8 Å². The Labute approximate surface area is 128 Å². The molecule has 0 saturated heterocycles. The fraction of sp³-hybridized carbons (Fsp3) is 0.600. The first-order valence-corrected chi connectivity index (χ1v) is 8.79. The molecule has 1 aromatic rings. The van der Waals surface area contributed by atoms with Gasteiger partial charge in [-0.2, -0.15) is 17.4 Å². The van der Waals surface area contributed by atoms with Crippen molar-refractivity contribution < 1.29 is 8.42 Å². The molecule has 0 bridgehead atoms. The van der Waals surface area contributed by atoms with Crippen molar-refractivity contribution in [1.29, 1.82) is 0 Å². The zero-order chi connectivity index (χ0) is 15.9. The molecule has 0 aliphatic carbocycles. The zero-order valence-corrected chi connectivity index (χ0v) is 14.2. The first kappa shape index (κ1) is 18.1. The van der Waals surface area contributed by atoms with E-state index < -0.39 is 10.2 Å². The largest absolute Gasteiger partial charge is 0.314 e. The number of nitrogens with one attached hydrogen (secondary N) is 2. The zero-order valence-electron chi connectivity index (χ0n) is 13.3. The van der Waals surface area contributed by atoms with Crippen LogP contribution < -0.4 is 10.0 Å². The summed E-state index contributed by atoms with van der Waals surface area (Å²) in [4.78, 5) is 0. The topological polar surface area (TPSA) is 61.4 Å². The minimum absolute atomic E-state index is 0.243. The van der Waals surface area contributed by atoms with Crippen LogP contribution >= 0.6 is 0 Å². The van der Waals surface area contributed by atoms with Crippen molar-refractivity contribution in [3.05, 3.63) is 35.9 Å². The SMILES string of the molecule is CC(C)NCCCN(C)S(=O)(=O)NC(C)c1ccccc1. The minimum atomic E-state index is -3.45. The molecular formula is C15H27N3O2S. The van der Waals surface area contributed by atoms with Crippen LogP contribution in [0.15, 0.2) is 30.3 Å². The van der Waals surface area contributed by atoms with Gasteiger partial charge in [0.1, 0.15) is 0 Å². The predicted molar refractivity (Wildman–Crippen MR) is 87.3 cm³/mol. The highest BCUT2D eigenvalue weighted by Gasteiger charge is 2.20. The molecule has 0 fully saturated rings. The Morgan fingerprint density at radius 3 is 2.33 bits per heavy atom. The molecule has 1 atom stereocenters. The number of benzene rings is 1. The summed E-state index contributed by atoms with van der Waals surface area (Å²) in [5, 5.41) is 3.28. The molecule has 1 rings (SSSR count). The maximum absolute atomic E-state index is 12.2. The Morgan fingerprint density at radius 2 is 1.76 bits per heavy atom. The van der Waals surface area contributed by atoms with E-state index in [2.05, 4.69) is 23.9 Å². The molecular weight excluding hydrogens is 286 g/mol. The lowest BCUT2D eigenvalue weighted by Crippen LogP contribution is -2.40. The van der Waals surface area contributed by atoms with Gasteiger partial charge in [0.15, 0.2) is 0 Å². The van der Waals surface area contributed by atoms with Crippen molar-refractivity contribution in [3.8, 4) is 0 Å². The number of nitrogens with zero attached hydrogens (tertiary/aromatic N) is 1. The Morgan fingerprint density at radius 1 is 1.14 bits per heavy atom. The molecule has 1 aromatic carbocycles. The first-order valence-electron chi connectivity index (χ1n) is 7.35. The van der Waals surface area contributed by atoms with E-state index in [-0.39, 0.29) is 6.04 Å². The van der Waals surface area contributed by atoms with Gasteiger partial charge in [0, 0.05) is 25.7 Å². The van der Waals surface area contributed by atoms with Gasteiger partial charge in [-0.1, -0.05) is 44.2 Å². The Bertz CT molecular complexity index is 503. The van der Waals surface area contributed by atoms with Gasteiger partial charge in [-0.25, -0.2) is 0 Å². The van der Waals surface area contributed by atoms with Gasteiger partial charge in [0.25, 0.3) is 10.2 Å². The van der Waals surface area contributed by atoms with Crippen molar-refractivity contribution in [2.24, 2.45) is 0 Å². The predicted octanol–water partition coefficient (Wildman–Crippen LogP) is 1.90. The van der Waals surface area contributed by atoms with Gasteiger partial charge in [-0.05, 0) is 25.5 Å². The molecule has 0 radical (unpaired) electrons. The maximum Gasteiger partial charge on any atom is 0.279 e. The molecule has 6 heteroatoms. The summed E-state index contributed by atoms with van der Waals surface area (Å²) in [6, 6.07) is 9.73. The Balaban J connectivity index is 2.48. The molecule has 0 heterocycles. The van der Waals surface area contributed by atoms with Gasteiger partial charge < -0.3 is 5.32 Å². The minimum Gasteiger partial charge on any atom is -0.314 e. The normalized spacial score (nSPS) is 13.8. The molecule has 0 saturated carbocycles. The molecule has 5 nitrogen and oxygen atoms in total. The van der Waals surface area contributed by atoms with Crippen molar-refractivity contribution >= 4 is 10.2 Å². The van der Waals surface area contributed by atoms with E-state index in [0.717, 1.165) is 18.5 Å². The van der Waals surface area contributed by atoms with E-state index in [9.17, 15) is 8.42 Å². The van der Waals surface area contributed by atoms with Gasteiger partial charge in [0.05, 0.1) is 0 Å². The van der Waals surface area contributed by atoms with Crippen LogP contribution in [0.4, 0.5) is 0 Å². The fourth-order valence-corrected chi connectivity index (χ4v) is 3.07. The number of rotatable bonds is 9. The lowest BCUT2D eigenvalue weighted by molar-refractivity contribution is 0.434. The summed E-state index contributed by atoms with van der Waals surface area (Å²) in [5.41, 5.74) is 0.955. The van der Waals surface area contributed by atoms with Crippen LogP contribution in [0, 0.1) is 0 Å². The van der Waals surface area contributed by atoms with Gasteiger partial charge in [-0.15, -0.1) is 0 Å². The second kappa shape index (κ2) is 8.48. The molecule has 21 heavy (non-hydrogen) atoms. The summed E-state index contributed by atoms with van der Waals surface area (Å²) in [5.74, 6) is 0. The summed E-state index contributed by atoms with van der Waals surface area (Å²) in [7, 11) is -1.85. The second-order valence-corrected chi connectivity index (χ2v) is 7.35. The third-order valence-corrected chi connectivity index (χ3v) is 4.89. The van der Waals surface area contributed by atoms with Crippen LogP contribution in [0.25, 0.3) is 0 Å². The Hall–Kier alpha value is -0.950. The lowest BCUT2D eigenvalue weighted by atomic mass is 10.1. The lowest BCUT2D eigenvalue weighted by Gasteiger charge is -2.21. The van der Waals surface area contributed by atoms with E-state index in [0.29, 0.717) is 12.6 Å². The molecule has 1 unspecified atom stereocenters. The van der Waals surface area contributed by atoms with Crippen LogP contribution in [0.2, 0.25) is 0 Å². The third kappa shape index (κ3) is 6.56. The van der Waals surface area contributed by atoms with E-state index in [1.807, 2.05) is 37.3 Å². The molecule has 0 aliphatic heterocycles. The quantitative estimate of drug-likeness (QED) is 0.685. The standard InChI is InChI=1S/C15H27N3O2S/c1-13(2)16-11-8-12-18(4)21(19,20)17-14(3)15-9-6-5-7-10-15/h5-7,9-10,13-14,16-17H,8,11-12H2,1-4H3. The van der Waals surface area contributed by atoms with Gasteiger partial charge in [-0.3, -0.25) is 0 Å². The average molecular weight is 313 g/mol. The van der Waals surface area contributed by atoms with E-state index >= 15 is 0 Å². The van der Waals surface area contributed by atoms with Gasteiger partial charge >= 0.3 is 0 Å². The second-order valence-electron chi connectivity index (χ2n) is 5.54. The molecule has 0 amide bonds. The van der Waals surface area contributed by atoms with Crippen molar-refractivity contribution in [2.75, 3.05) is 20.1 Å². The highest BCUT2D eigenvalue weighted by atomic mass is 32.2. The molecule has 0 aliphatic rings. The highest BCUT2D eigenvalue weighted by Crippen LogP contribution is 2.13. The highest BCUT2D eigenvalue weighted by molar-refractivity contribution is 7.87. The van der Waals surface area contributed by atoms with Crippen LogP contribution in [-0.4, -0.2) is 38.9 Å². The van der Waals surface area contributed by atoms with Crippen LogP contribution in [0.5, 0.6) is 0 Å². The first-order chi connectivity index (χ1) is 9.83. The summed E-state index contributed by atoms with van der Waals surface area (Å²) in [6.45, 7) is 7.30. The number of hydrogen-bond donors (Lipinski definition) is 2. The van der Waals surface area contributed by atoms with E-state index in [1.54, 1.807) is 7.05 Å². The fourth-order valence-electron chi connectivity index (χ4n) is 1.94. The van der Waals surface area contributed by atoms with E-state index in [4.69, 9.17) is 0 Å². The summed E-state index contributed by atoms with van der Waals surface area (Å²) >= 11 is 0. The molecule has 120 valence electrons. The third-order valence-electron chi connectivity index (χ3n) is 3.24. The van der Waals surface area contributed by atoms with Crippen LogP contribution in [-0.2, 0) is 10.2 Å². The number of hydrogen-bond acceptors (Lipinski definition) is 3. The molecule has 2 N–H and O–H groups in total. The van der Waals surface area contributed by atoms with Crippen molar-refractivity contribution in [2.45, 2.75) is 39.3 Å². The van der Waals surface area contributed by atoms with Crippen LogP contribution in [0.3, 0.4) is 0 Å². The van der Waals surface area contributed by atoms with Crippen molar-refractivity contribution in [3.63, 3.8) is 0 Å². The summed E-state index contributed by atoms with van der Waals surface area (Å²) < 4.78 is 28.5. The maximum atomic E-state index is 12.2.